The predicted octanol–water partition coefficient (Wildman–Crippen LogP) is 1.61. The second-order valence-corrected chi connectivity index (χ2v) is 4.48. The summed E-state index contributed by atoms with van der Waals surface area (Å²) in [5, 5.41) is 5.70. The van der Waals surface area contributed by atoms with Crippen LogP contribution in [0.2, 0.25) is 0 Å². The van der Waals surface area contributed by atoms with Crippen molar-refractivity contribution in [1.82, 2.24) is 10.2 Å². The Labute approximate surface area is 104 Å². The Morgan fingerprint density at radius 1 is 1.22 bits per heavy atom. The summed E-state index contributed by atoms with van der Waals surface area (Å²) in [5.41, 5.74) is 2.98. The minimum absolute atomic E-state index is 0.150. The first-order chi connectivity index (χ1) is 8.59. The second kappa shape index (κ2) is 3.60. The van der Waals surface area contributed by atoms with Crippen LogP contribution in [-0.2, 0) is 4.79 Å². The molecule has 5 nitrogen and oxygen atoms in total. The van der Waals surface area contributed by atoms with E-state index in [-0.39, 0.29) is 18.0 Å². The molecule has 1 aromatic carbocycles. The van der Waals surface area contributed by atoms with E-state index < -0.39 is 0 Å². The number of rotatable bonds is 0. The number of benzene rings is 1. The van der Waals surface area contributed by atoms with Crippen molar-refractivity contribution in [3.05, 3.63) is 41.1 Å². The number of fused-ring (bicyclic) bond motifs is 3. The summed E-state index contributed by atoms with van der Waals surface area (Å²) in [6.07, 6.45) is 0. The molecule has 18 heavy (non-hydrogen) atoms. The van der Waals surface area contributed by atoms with Crippen molar-refractivity contribution in [1.29, 1.82) is 0 Å². The van der Waals surface area contributed by atoms with E-state index in [1.165, 1.54) is 4.90 Å². The van der Waals surface area contributed by atoms with Crippen LogP contribution in [0.5, 0.6) is 0 Å². The largest absolute Gasteiger partial charge is 0.326 e. The number of allylic oxidation sites excluding steroid dienone is 1. The van der Waals surface area contributed by atoms with Crippen LogP contribution in [0, 0.1) is 0 Å². The Balaban J connectivity index is 2.21. The van der Waals surface area contributed by atoms with E-state index in [2.05, 4.69) is 10.6 Å². The van der Waals surface area contributed by atoms with Crippen molar-refractivity contribution < 1.29 is 9.59 Å². The number of hydrogen-bond acceptors (Lipinski definition) is 2. The van der Waals surface area contributed by atoms with Crippen LogP contribution in [0.15, 0.2) is 35.5 Å². The molecule has 2 N–H and O–H groups in total. The molecule has 3 amide bonds. The first-order valence-corrected chi connectivity index (χ1v) is 5.75. The lowest BCUT2D eigenvalue weighted by molar-refractivity contribution is -0.113. The Hall–Kier alpha value is -2.30. The number of amides is 3. The highest BCUT2D eigenvalue weighted by molar-refractivity contribution is 6.09. The van der Waals surface area contributed by atoms with Crippen LogP contribution < -0.4 is 10.6 Å². The van der Waals surface area contributed by atoms with Crippen LogP contribution in [0.25, 0.3) is 0 Å². The lowest BCUT2D eigenvalue weighted by Crippen LogP contribution is -2.48. The van der Waals surface area contributed by atoms with Crippen LogP contribution in [0.1, 0.15) is 18.5 Å². The lowest BCUT2D eigenvalue weighted by atomic mass is 9.90. The molecule has 0 saturated heterocycles. The summed E-state index contributed by atoms with van der Waals surface area (Å²) < 4.78 is 0. The van der Waals surface area contributed by atoms with Gasteiger partial charge in [-0.1, -0.05) is 18.2 Å². The van der Waals surface area contributed by atoms with Gasteiger partial charge in [-0.2, -0.15) is 0 Å². The van der Waals surface area contributed by atoms with E-state index in [1.807, 2.05) is 24.3 Å². The van der Waals surface area contributed by atoms with E-state index in [0.717, 1.165) is 11.3 Å². The second-order valence-electron chi connectivity index (χ2n) is 4.48. The zero-order valence-corrected chi connectivity index (χ0v) is 10.2. The Bertz CT molecular complexity index is 592. The molecule has 92 valence electrons. The average molecular weight is 243 g/mol. The maximum absolute atomic E-state index is 12.1. The zero-order valence-electron chi connectivity index (χ0n) is 10.2. The molecule has 1 aromatic rings. The van der Waals surface area contributed by atoms with Crippen molar-refractivity contribution in [2.24, 2.45) is 0 Å². The van der Waals surface area contributed by atoms with Gasteiger partial charge in [-0.05, 0) is 13.0 Å². The molecule has 5 heteroatoms. The molecule has 1 atom stereocenters. The number of urea groups is 1. The van der Waals surface area contributed by atoms with Gasteiger partial charge < -0.3 is 15.5 Å². The van der Waals surface area contributed by atoms with Crippen molar-refractivity contribution in [2.45, 2.75) is 13.0 Å². The fourth-order valence-corrected chi connectivity index (χ4v) is 2.42. The Morgan fingerprint density at radius 2 is 1.94 bits per heavy atom. The monoisotopic (exact) mass is 243 g/mol. The van der Waals surface area contributed by atoms with Crippen molar-refractivity contribution in [2.75, 3.05) is 12.4 Å². The standard InChI is InChI=1S/C13H13N3O2/c1-7-10-11(15-13(18)16(7)2)8-5-3-4-6-9(8)14-12(10)17/h3-6,11H,1-2H3,(H,14,17)(H,15,18). The average Bonchev–Trinajstić information content (AvgIpc) is 2.35. The van der Waals surface area contributed by atoms with Crippen molar-refractivity contribution >= 4 is 17.6 Å². The molecule has 0 radical (unpaired) electrons. The number of carbonyl (C=O) groups excluding carboxylic acids is 2. The lowest BCUT2D eigenvalue weighted by Gasteiger charge is -2.37. The van der Waals surface area contributed by atoms with Gasteiger partial charge in [0.15, 0.2) is 0 Å². The molecule has 2 aliphatic rings. The number of para-hydroxylation sites is 1. The minimum atomic E-state index is -0.348. The number of hydrogen-bond donors (Lipinski definition) is 2. The van der Waals surface area contributed by atoms with E-state index in [9.17, 15) is 9.59 Å². The third kappa shape index (κ3) is 1.33. The number of nitrogens with zero attached hydrogens (tertiary/aromatic N) is 1. The predicted molar refractivity (Wildman–Crippen MR) is 66.8 cm³/mol. The smallest absolute Gasteiger partial charge is 0.322 e. The topological polar surface area (TPSA) is 61.4 Å². The molecular weight excluding hydrogens is 230 g/mol. The first-order valence-electron chi connectivity index (χ1n) is 5.75. The molecule has 1 unspecified atom stereocenters. The number of carbonyl (C=O) groups is 2. The summed E-state index contributed by atoms with van der Waals surface area (Å²) in [6.45, 7) is 1.79. The molecule has 0 aliphatic carbocycles. The first kappa shape index (κ1) is 10.8. The highest BCUT2D eigenvalue weighted by Crippen LogP contribution is 2.37. The molecule has 0 spiro atoms. The van der Waals surface area contributed by atoms with Crippen LogP contribution in [0.3, 0.4) is 0 Å². The quantitative estimate of drug-likeness (QED) is 0.727. The summed E-state index contributed by atoms with van der Waals surface area (Å²) in [6, 6.07) is 6.97. The van der Waals surface area contributed by atoms with Crippen molar-refractivity contribution in [3.8, 4) is 0 Å². The molecule has 2 heterocycles. The minimum Gasteiger partial charge on any atom is -0.326 e. The maximum Gasteiger partial charge on any atom is 0.322 e. The highest BCUT2D eigenvalue weighted by Gasteiger charge is 2.38. The van der Waals surface area contributed by atoms with Gasteiger partial charge in [0.25, 0.3) is 5.91 Å². The van der Waals surface area contributed by atoms with E-state index in [4.69, 9.17) is 0 Å². The molecule has 0 saturated carbocycles. The normalized spacial score (nSPS) is 22.1. The molecule has 0 fully saturated rings. The summed E-state index contributed by atoms with van der Waals surface area (Å²) >= 11 is 0. The fourth-order valence-electron chi connectivity index (χ4n) is 2.42. The van der Waals surface area contributed by atoms with Gasteiger partial charge in [0.05, 0.1) is 11.6 Å². The van der Waals surface area contributed by atoms with Crippen molar-refractivity contribution in [3.63, 3.8) is 0 Å². The van der Waals surface area contributed by atoms with Crippen LogP contribution in [0.4, 0.5) is 10.5 Å². The third-order valence-corrected chi connectivity index (χ3v) is 3.52. The number of nitrogens with one attached hydrogen (secondary N) is 2. The maximum atomic E-state index is 12.1. The van der Waals surface area contributed by atoms with Gasteiger partial charge in [0, 0.05) is 24.0 Å². The van der Waals surface area contributed by atoms with Gasteiger partial charge in [-0.15, -0.1) is 0 Å². The van der Waals surface area contributed by atoms with E-state index in [1.54, 1.807) is 14.0 Å². The molecule has 2 aliphatic heterocycles. The summed E-state index contributed by atoms with van der Waals surface area (Å²) in [4.78, 5) is 25.4. The highest BCUT2D eigenvalue weighted by atomic mass is 16.2. The SMILES string of the molecule is CC1=C2C(=O)Nc3ccccc3C2NC(=O)N1C. The van der Waals surface area contributed by atoms with Crippen LogP contribution in [-0.4, -0.2) is 23.9 Å². The van der Waals surface area contributed by atoms with Crippen LogP contribution >= 0.6 is 0 Å². The van der Waals surface area contributed by atoms with Gasteiger partial charge >= 0.3 is 6.03 Å². The fraction of sp³-hybridized carbons (Fsp3) is 0.231. The van der Waals surface area contributed by atoms with E-state index >= 15 is 0 Å². The van der Waals surface area contributed by atoms with Gasteiger partial charge in [0.2, 0.25) is 0 Å². The zero-order chi connectivity index (χ0) is 12.9. The van der Waals surface area contributed by atoms with E-state index in [0.29, 0.717) is 11.3 Å². The number of anilines is 1. The molecule has 0 aromatic heterocycles. The van der Waals surface area contributed by atoms with Gasteiger partial charge in [-0.25, -0.2) is 4.79 Å². The summed E-state index contributed by atoms with van der Waals surface area (Å²) in [5.74, 6) is -0.150. The molecule has 0 bridgehead atoms. The molecular formula is C13H13N3O2. The molecule has 3 rings (SSSR count). The van der Waals surface area contributed by atoms with Gasteiger partial charge in [-0.3, -0.25) is 4.79 Å². The van der Waals surface area contributed by atoms with Gasteiger partial charge in [0.1, 0.15) is 0 Å². The summed E-state index contributed by atoms with van der Waals surface area (Å²) in [7, 11) is 1.65. The third-order valence-electron chi connectivity index (χ3n) is 3.52. The Kier molecular flexibility index (Phi) is 2.16. The Morgan fingerprint density at radius 3 is 2.72 bits per heavy atom.